The highest BCUT2D eigenvalue weighted by Gasteiger charge is 2.11. The van der Waals surface area contributed by atoms with Crippen molar-refractivity contribution in [2.75, 3.05) is 37.9 Å². The number of ether oxygens (including phenoxy) is 1. The van der Waals surface area contributed by atoms with Crippen LogP contribution in [0.2, 0.25) is 0 Å². The average Bonchev–Trinajstić information content (AvgIpc) is 2.33. The first kappa shape index (κ1) is 14.9. The number of rotatable bonds is 8. The second-order valence-corrected chi connectivity index (χ2v) is 5.93. The maximum Gasteiger partial charge on any atom is 0.177 e. The number of hydrogen-bond donors (Lipinski definition) is 2. The molecule has 0 heterocycles. The van der Waals surface area contributed by atoms with E-state index in [0.717, 1.165) is 6.42 Å². The predicted octanol–water partition coefficient (Wildman–Crippen LogP) is 0.867. The largest absolute Gasteiger partial charge is 0.384 e. The summed E-state index contributed by atoms with van der Waals surface area (Å²) in [6, 6.07) is 6.88. The van der Waals surface area contributed by atoms with Crippen LogP contribution in [0.3, 0.4) is 0 Å². The Labute approximate surface area is 108 Å². The maximum absolute atomic E-state index is 11.5. The molecule has 0 radical (unpaired) electrons. The van der Waals surface area contributed by atoms with Crippen molar-refractivity contribution in [1.29, 1.82) is 0 Å². The van der Waals surface area contributed by atoms with Crippen LogP contribution in [0.25, 0.3) is 0 Å². The van der Waals surface area contributed by atoms with Crippen molar-refractivity contribution in [3.63, 3.8) is 0 Å². The van der Waals surface area contributed by atoms with Gasteiger partial charge in [-0.25, -0.2) is 8.42 Å². The molecule has 0 saturated heterocycles. The number of hydrogen-bond acceptors (Lipinski definition) is 5. The Hall–Kier alpha value is -1.11. The van der Waals surface area contributed by atoms with E-state index in [1.807, 2.05) is 6.07 Å². The van der Waals surface area contributed by atoms with Crippen molar-refractivity contribution in [3.05, 3.63) is 24.3 Å². The number of benzene rings is 1. The van der Waals surface area contributed by atoms with E-state index in [4.69, 9.17) is 10.5 Å². The smallest absolute Gasteiger partial charge is 0.177 e. The van der Waals surface area contributed by atoms with Crippen molar-refractivity contribution in [1.82, 2.24) is 0 Å². The minimum Gasteiger partial charge on any atom is -0.384 e. The molecule has 0 spiro atoms. The monoisotopic (exact) mass is 272 g/mol. The van der Waals surface area contributed by atoms with Crippen LogP contribution in [0.5, 0.6) is 0 Å². The lowest BCUT2D eigenvalue weighted by atomic mass is 10.3. The van der Waals surface area contributed by atoms with Gasteiger partial charge in [-0.2, -0.15) is 0 Å². The highest BCUT2D eigenvalue weighted by Crippen LogP contribution is 2.20. The maximum atomic E-state index is 11.5. The minimum atomic E-state index is -3.20. The Morgan fingerprint density at radius 1 is 1.28 bits per heavy atom. The van der Waals surface area contributed by atoms with Gasteiger partial charge in [0.1, 0.15) is 0 Å². The van der Waals surface area contributed by atoms with Gasteiger partial charge in [0.15, 0.2) is 9.84 Å². The van der Waals surface area contributed by atoms with Crippen molar-refractivity contribution in [2.24, 2.45) is 5.73 Å². The van der Waals surface area contributed by atoms with Gasteiger partial charge in [-0.3, -0.25) is 0 Å². The van der Waals surface area contributed by atoms with E-state index in [1.165, 1.54) is 6.26 Å². The molecule has 18 heavy (non-hydrogen) atoms. The van der Waals surface area contributed by atoms with Crippen molar-refractivity contribution in [2.45, 2.75) is 11.3 Å². The molecule has 1 rings (SSSR count). The summed E-state index contributed by atoms with van der Waals surface area (Å²) in [5.74, 6) is 0. The molecule has 0 aromatic heterocycles. The van der Waals surface area contributed by atoms with Crippen LogP contribution in [-0.4, -0.2) is 41.0 Å². The van der Waals surface area contributed by atoms with E-state index in [-0.39, 0.29) is 0 Å². The van der Waals surface area contributed by atoms with E-state index in [1.54, 1.807) is 18.2 Å². The van der Waals surface area contributed by atoms with Crippen LogP contribution in [0.15, 0.2) is 29.2 Å². The zero-order valence-corrected chi connectivity index (χ0v) is 11.4. The average molecular weight is 272 g/mol. The molecular formula is C12H20N2O3S. The SMILES string of the molecule is CS(=O)(=O)c1ccccc1NCCCOCCN. The number of sulfone groups is 1. The molecule has 6 heteroatoms. The van der Waals surface area contributed by atoms with E-state index in [9.17, 15) is 8.42 Å². The summed E-state index contributed by atoms with van der Waals surface area (Å²) in [4.78, 5) is 0.327. The van der Waals surface area contributed by atoms with Gasteiger partial charge in [0.2, 0.25) is 0 Å². The minimum absolute atomic E-state index is 0.327. The van der Waals surface area contributed by atoms with E-state index >= 15 is 0 Å². The van der Waals surface area contributed by atoms with Crippen LogP contribution in [-0.2, 0) is 14.6 Å². The molecular weight excluding hydrogens is 252 g/mol. The molecule has 102 valence electrons. The second-order valence-electron chi connectivity index (χ2n) is 3.95. The molecule has 0 unspecified atom stereocenters. The molecule has 3 N–H and O–H groups in total. The van der Waals surface area contributed by atoms with Gasteiger partial charge < -0.3 is 15.8 Å². The van der Waals surface area contributed by atoms with E-state index < -0.39 is 9.84 Å². The Bertz CT molecular complexity index is 460. The lowest BCUT2D eigenvalue weighted by Gasteiger charge is -2.10. The van der Waals surface area contributed by atoms with Crippen molar-refractivity contribution in [3.8, 4) is 0 Å². The fraction of sp³-hybridized carbons (Fsp3) is 0.500. The lowest BCUT2D eigenvalue weighted by molar-refractivity contribution is 0.141. The van der Waals surface area contributed by atoms with Crippen LogP contribution < -0.4 is 11.1 Å². The molecule has 0 aliphatic carbocycles. The number of nitrogens with two attached hydrogens (primary N) is 1. The van der Waals surface area contributed by atoms with E-state index in [2.05, 4.69) is 5.32 Å². The Balaban J connectivity index is 2.48. The third-order valence-corrected chi connectivity index (χ3v) is 3.48. The van der Waals surface area contributed by atoms with Crippen molar-refractivity contribution < 1.29 is 13.2 Å². The third kappa shape index (κ3) is 5.03. The van der Waals surface area contributed by atoms with Gasteiger partial charge in [0.25, 0.3) is 0 Å². The van der Waals surface area contributed by atoms with Crippen LogP contribution in [0, 0.1) is 0 Å². The highest BCUT2D eigenvalue weighted by molar-refractivity contribution is 7.90. The standard InChI is InChI=1S/C12H20N2O3S/c1-18(15,16)12-6-3-2-5-11(12)14-8-4-9-17-10-7-13/h2-3,5-6,14H,4,7-10,13H2,1H3. The van der Waals surface area contributed by atoms with Gasteiger partial charge in [0.05, 0.1) is 17.2 Å². The highest BCUT2D eigenvalue weighted by atomic mass is 32.2. The van der Waals surface area contributed by atoms with Crippen LogP contribution >= 0.6 is 0 Å². The summed E-state index contributed by atoms with van der Waals surface area (Å²) in [6.07, 6.45) is 2.01. The number of anilines is 1. The normalized spacial score (nSPS) is 11.4. The Kier molecular flexibility index (Phi) is 6.11. The first-order valence-electron chi connectivity index (χ1n) is 5.86. The van der Waals surface area contributed by atoms with Gasteiger partial charge in [-0.15, -0.1) is 0 Å². The molecule has 0 atom stereocenters. The molecule has 0 aliphatic heterocycles. The summed E-state index contributed by atoms with van der Waals surface area (Å²) in [6.45, 7) is 2.35. The molecule has 5 nitrogen and oxygen atoms in total. The molecule has 0 aliphatic rings. The predicted molar refractivity (Wildman–Crippen MR) is 72.5 cm³/mol. The lowest BCUT2D eigenvalue weighted by Crippen LogP contribution is -2.12. The second kappa shape index (κ2) is 7.35. The molecule has 0 amide bonds. The van der Waals surface area contributed by atoms with Gasteiger partial charge >= 0.3 is 0 Å². The molecule has 0 fully saturated rings. The molecule has 1 aromatic rings. The quantitative estimate of drug-likeness (QED) is 0.686. The molecule has 0 bridgehead atoms. The topological polar surface area (TPSA) is 81.4 Å². The summed E-state index contributed by atoms with van der Waals surface area (Å²) in [5, 5.41) is 3.11. The number of nitrogens with one attached hydrogen (secondary N) is 1. The molecule has 1 aromatic carbocycles. The van der Waals surface area contributed by atoms with Crippen LogP contribution in [0.4, 0.5) is 5.69 Å². The van der Waals surface area contributed by atoms with Gasteiger partial charge in [-0.05, 0) is 18.6 Å². The Morgan fingerprint density at radius 2 is 2.00 bits per heavy atom. The summed E-state index contributed by atoms with van der Waals surface area (Å²) < 4.78 is 28.3. The van der Waals surface area contributed by atoms with Gasteiger partial charge in [0, 0.05) is 26.0 Å². The summed E-state index contributed by atoms with van der Waals surface area (Å²) in [7, 11) is -3.20. The fourth-order valence-corrected chi connectivity index (χ4v) is 2.38. The molecule has 0 saturated carbocycles. The van der Waals surface area contributed by atoms with Crippen molar-refractivity contribution >= 4 is 15.5 Å². The van der Waals surface area contributed by atoms with Crippen LogP contribution in [0.1, 0.15) is 6.42 Å². The zero-order valence-electron chi connectivity index (χ0n) is 10.6. The van der Waals surface area contributed by atoms with Gasteiger partial charge in [-0.1, -0.05) is 12.1 Å². The Morgan fingerprint density at radius 3 is 2.67 bits per heavy atom. The zero-order chi connectivity index (χ0) is 13.4. The first-order chi connectivity index (χ1) is 8.55. The summed E-state index contributed by atoms with van der Waals surface area (Å²) >= 11 is 0. The fourth-order valence-electron chi connectivity index (χ4n) is 1.52. The number of para-hydroxylation sites is 1. The first-order valence-corrected chi connectivity index (χ1v) is 7.75. The van der Waals surface area contributed by atoms with E-state index in [0.29, 0.717) is 36.9 Å². The summed E-state index contributed by atoms with van der Waals surface area (Å²) in [5.41, 5.74) is 5.93. The third-order valence-electron chi connectivity index (χ3n) is 2.33.